The highest BCUT2D eigenvalue weighted by Crippen LogP contribution is 2.17. The van der Waals surface area contributed by atoms with Crippen molar-refractivity contribution in [2.75, 3.05) is 25.6 Å². The molecule has 0 saturated heterocycles. The molecule has 0 saturated carbocycles. The zero-order chi connectivity index (χ0) is 20.9. The molecule has 0 radical (unpaired) electrons. The lowest BCUT2D eigenvalue weighted by molar-refractivity contribution is 0.446. The second-order valence-corrected chi connectivity index (χ2v) is 10.9. The topological polar surface area (TPSA) is 117 Å². The van der Waals surface area contributed by atoms with Crippen molar-refractivity contribution in [1.82, 2.24) is 15.4 Å². The maximum atomic E-state index is 11.7. The van der Waals surface area contributed by atoms with Crippen LogP contribution >= 0.6 is 0 Å². The fraction of sp³-hybridized carbons (Fsp3) is 0.588. The Bertz CT molecular complexity index is 892. The van der Waals surface area contributed by atoms with E-state index in [9.17, 15) is 16.8 Å². The second kappa shape index (κ2) is 9.03. The molecule has 0 bridgehead atoms. The molecule has 0 heterocycles. The fourth-order valence-corrected chi connectivity index (χ4v) is 4.62. The highest BCUT2D eigenvalue weighted by Gasteiger charge is 2.22. The van der Waals surface area contributed by atoms with Gasteiger partial charge in [-0.2, -0.15) is 0 Å². The maximum absolute atomic E-state index is 11.7. The molecule has 27 heavy (non-hydrogen) atoms. The van der Waals surface area contributed by atoms with Gasteiger partial charge in [-0.3, -0.25) is 0 Å². The number of benzene rings is 1. The number of nitrogens with zero attached hydrogens (tertiary/aromatic N) is 1. The van der Waals surface area contributed by atoms with E-state index >= 15 is 0 Å². The van der Waals surface area contributed by atoms with Crippen molar-refractivity contribution in [2.24, 2.45) is 4.99 Å². The molecule has 0 aliphatic rings. The van der Waals surface area contributed by atoms with Crippen molar-refractivity contribution in [3.63, 3.8) is 0 Å². The van der Waals surface area contributed by atoms with Gasteiger partial charge in [0.05, 0.1) is 17.7 Å². The number of hydrogen-bond donors (Lipinski definition) is 3. The van der Waals surface area contributed by atoms with E-state index in [1.165, 1.54) is 6.26 Å². The summed E-state index contributed by atoms with van der Waals surface area (Å²) in [5.41, 5.74) is 0.879. The highest BCUT2D eigenvalue weighted by molar-refractivity contribution is 7.90. The first kappa shape index (κ1) is 23.4. The van der Waals surface area contributed by atoms with Crippen LogP contribution in [-0.2, 0) is 26.4 Å². The largest absolute Gasteiger partial charge is 0.357 e. The molecule has 0 unspecified atom stereocenters. The van der Waals surface area contributed by atoms with E-state index in [2.05, 4.69) is 20.3 Å². The van der Waals surface area contributed by atoms with Crippen molar-refractivity contribution in [1.29, 1.82) is 0 Å². The monoisotopic (exact) mass is 418 g/mol. The average molecular weight is 419 g/mol. The first-order chi connectivity index (χ1) is 12.2. The Balaban J connectivity index is 2.86. The summed E-state index contributed by atoms with van der Waals surface area (Å²) >= 11 is 0. The van der Waals surface area contributed by atoms with Crippen molar-refractivity contribution < 1.29 is 16.8 Å². The van der Waals surface area contributed by atoms with E-state index in [0.29, 0.717) is 36.1 Å². The molecule has 0 fully saturated rings. The zero-order valence-electron chi connectivity index (χ0n) is 16.8. The summed E-state index contributed by atoms with van der Waals surface area (Å²) in [6.07, 6.45) is 2.31. The Morgan fingerprint density at radius 1 is 1.11 bits per heavy atom. The summed E-state index contributed by atoms with van der Waals surface area (Å²) < 4.78 is 48.8. The molecule has 10 heteroatoms. The van der Waals surface area contributed by atoms with Crippen LogP contribution in [0, 0.1) is 6.92 Å². The Morgan fingerprint density at radius 2 is 1.74 bits per heavy atom. The van der Waals surface area contributed by atoms with E-state index in [-0.39, 0.29) is 0 Å². The minimum atomic E-state index is -3.32. The normalized spacial score (nSPS) is 13.5. The van der Waals surface area contributed by atoms with Crippen LogP contribution in [0.25, 0.3) is 0 Å². The summed E-state index contributed by atoms with van der Waals surface area (Å²) in [5, 5.41) is 6.22. The summed E-state index contributed by atoms with van der Waals surface area (Å²) in [4.78, 5) is 4.80. The van der Waals surface area contributed by atoms with Gasteiger partial charge in [-0.1, -0.05) is 12.1 Å². The highest BCUT2D eigenvalue weighted by atomic mass is 32.2. The molecule has 0 aliphatic carbocycles. The van der Waals surface area contributed by atoms with Gasteiger partial charge in [0.2, 0.25) is 10.0 Å². The number of sulfonamides is 1. The van der Waals surface area contributed by atoms with Gasteiger partial charge in [0.25, 0.3) is 0 Å². The lowest BCUT2D eigenvalue weighted by Gasteiger charge is -2.26. The smallest absolute Gasteiger partial charge is 0.209 e. The van der Waals surface area contributed by atoms with Crippen LogP contribution in [0.2, 0.25) is 0 Å². The van der Waals surface area contributed by atoms with Crippen LogP contribution in [0.5, 0.6) is 0 Å². The molecule has 0 atom stereocenters. The molecule has 1 aromatic rings. The van der Waals surface area contributed by atoms with Crippen LogP contribution in [-0.4, -0.2) is 53.9 Å². The number of hydrogen-bond acceptors (Lipinski definition) is 5. The van der Waals surface area contributed by atoms with Crippen LogP contribution in [0.1, 0.15) is 31.9 Å². The number of rotatable bonds is 8. The van der Waals surface area contributed by atoms with Crippen molar-refractivity contribution in [2.45, 2.75) is 44.7 Å². The summed E-state index contributed by atoms with van der Waals surface area (Å²) in [7, 11) is -6.56. The first-order valence-electron chi connectivity index (χ1n) is 8.54. The molecule has 1 rings (SSSR count). The molecule has 0 amide bonds. The van der Waals surface area contributed by atoms with Gasteiger partial charge in [-0.15, -0.1) is 0 Å². The average Bonchev–Trinajstić information content (AvgIpc) is 2.46. The standard InChI is InChI=1S/C17H30N4O4S2/c1-7-18-16(20-12-17(3,4)21-27(6,24)25)19-11-14-8-9-15(13(2)10-14)26(5,22)23/h8-10,21H,7,11-12H2,1-6H3,(H2,18,19,20). The zero-order valence-corrected chi connectivity index (χ0v) is 18.4. The van der Waals surface area contributed by atoms with Gasteiger partial charge in [0.1, 0.15) is 0 Å². The van der Waals surface area contributed by atoms with Gasteiger partial charge in [-0.05, 0) is 44.9 Å². The molecule has 8 nitrogen and oxygen atoms in total. The molecular formula is C17H30N4O4S2. The summed E-state index contributed by atoms with van der Waals surface area (Å²) in [6.45, 7) is 8.60. The quantitative estimate of drug-likeness (QED) is 0.424. The summed E-state index contributed by atoms with van der Waals surface area (Å²) in [6, 6.07) is 5.14. The third kappa shape index (κ3) is 8.72. The van der Waals surface area contributed by atoms with Crippen molar-refractivity contribution >= 4 is 25.8 Å². The van der Waals surface area contributed by atoms with Gasteiger partial charge >= 0.3 is 0 Å². The van der Waals surface area contributed by atoms with E-state index in [1.807, 2.05) is 6.92 Å². The molecule has 154 valence electrons. The van der Waals surface area contributed by atoms with E-state index < -0.39 is 25.4 Å². The number of guanidine groups is 1. The molecule has 3 N–H and O–H groups in total. The van der Waals surface area contributed by atoms with E-state index in [4.69, 9.17) is 0 Å². The Kier molecular flexibility index (Phi) is 7.82. The number of sulfone groups is 1. The number of aliphatic imine (C=N–C) groups is 1. The van der Waals surface area contributed by atoms with E-state index in [1.54, 1.807) is 39.0 Å². The lowest BCUT2D eigenvalue weighted by Crippen LogP contribution is -2.53. The van der Waals surface area contributed by atoms with Gasteiger partial charge in [-0.25, -0.2) is 26.6 Å². The van der Waals surface area contributed by atoms with Crippen LogP contribution in [0.15, 0.2) is 28.1 Å². The minimum Gasteiger partial charge on any atom is -0.357 e. The number of aryl methyl sites for hydroxylation is 1. The Hall–Kier alpha value is -1.65. The predicted octanol–water partition coefficient (Wildman–Crippen LogP) is 0.781. The maximum Gasteiger partial charge on any atom is 0.209 e. The number of nitrogens with one attached hydrogen (secondary N) is 3. The predicted molar refractivity (Wildman–Crippen MR) is 109 cm³/mol. The summed E-state index contributed by atoms with van der Waals surface area (Å²) in [5.74, 6) is 0.547. The lowest BCUT2D eigenvalue weighted by atomic mass is 10.1. The molecule has 0 spiro atoms. The van der Waals surface area contributed by atoms with Crippen LogP contribution < -0.4 is 15.4 Å². The fourth-order valence-electron chi connectivity index (χ4n) is 2.58. The van der Waals surface area contributed by atoms with Crippen molar-refractivity contribution in [3.8, 4) is 0 Å². The van der Waals surface area contributed by atoms with Gasteiger partial charge in [0.15, 0.2) is 15.8 Å². The Labute approximate surface area is 162 Å². The second-order valence-electron chi connectivity index (χ2n) is 7.18. The molecule has 0 aliphatic heterocycles. The SMILES string of the molecule is CCNC(=NCc1ccc(S(C)(=O)=O)c(C)c1)NCC(C)(C)NS(C)(=O)=O. The van der Waals surface area contributed by atoms with Gasteiger partial charge < -0.3 is 10.6 Å². The van der Waals surface area contributed by atoms with Crippen LogP contribution in [0.4, 0.5) is 0 Å². The third-order valence-corrected chi connectivity index (χ3v) is 5.74. The molecular weight excluding hydrogens is 388 g/mol. The minimum absolute atomic E-state index is 0.314. The Morgan fingerprint density at radius 3 is 2.22 bits per heavy atom. The molecule has 1 aromatic carbocycles. The van der Waals surface area contributed by atoms with Gasteiger partial charge in [0, 0.05) is 24.9 Å². The van der Waals surface area contributed by atoms with Crippen LogP contribution in [0.3, 0.4) is 0 Å². The third-order valence-electron chi connectivity index (χ3n) is 3.56. The van der Waals surface area contributed by atoms with E-state index in [0.717, 1.165) is 11.8 Å². The first-order valence-corrected chi connectivity index (χ1v) is 12.3. The van der Waals surface area contributed by atoms with Crippen molar-refractivity contribution in [3.05, 3.63) is 29.3 Å². The molecule has 0 aromatic heterocycles.